The standard InChI is InChI=1S/C9H18F3NOS/c1-3-7(13)8(9(10,11)12)15-6(2)4-5-14/h6-8,14H,3-5,13H2,1-2H3. The van der Waals surface area contributed by atoms with E-state index in [1.165, 1.54) is 0 Å². The maximum atomic E-state index is 12.6. The average Bonchev–Trinajstić information content (AvgIpc) is 2.12. The van der Waals surface area contributed by atoms with Crippen molar-refractivity contribution in [1.29, 1.82) is 0 Å². The lowest BCUT2D eigenvalue weighted by atomic mass is 10.1. The number of nitrogens with two attached hydrogens (primary N) is 1. The minimum Gasteiger partial charge on any atom is -0.396 e. The van der Waals surface area contributed by atoms with Crippen LogP contribution in [0.5, 0.6) is 0 Å². The summed E-state index contributed by atoms with van der Waals surface area (Å²) in [6, 6.07) is -0.879. The van der Waals surface area contributed by atoms with Crippen LogP contribution in [0, 0.1) is 0 Å². The van der Waals surface area contributed by atoms with E-state index in [2.05, 4.69) is 0 Å². The number of rotatable bonds is 6. The number of aliphatic hydroxyl groups is 1. The molecule has 0 bridgehead atoms. The van der Waals surface area contributed by atoms with Crippen molar-refractivity contribution < 1.29 is 18.3 Å². The second-order valence-electron chi connectivity index (χ2n) is 3.49. The second-order valence-corrected chi connectivity index (χ2v) is 5.08. The van der Waals surface area contributed by atoms with Crippen molar-refractivity contribution in [2.75, 3.05) is 6.61 Å². The van der Waals surface area contributed by atoms with E-state index in [0.29, 0.717) is 12.8 Å². The third kappa shape index (κ3) is 5.63. The van der Waals surface area contributed by atoms with Crippen LogP contribution >= 0.6 is 11.8 Å². The summed E-state index contributed by atoms with van der Waals surface area (Å²) in [5.74, 6) is 0. The summed E-state index contributed by atoms with van der Waals surface area (Å²) < 4.78 is 37.8. The highest BCUT2D eigenvalue weighted by Crippen LogP contribution is 2.36. The lowest BCUT2D eigenvalue weighted by molar-refractivity contribution is -0.132. The SMILES string of the molecule is CCC(N)C(SC(C)CCO)C(F)(F)F. The first kappa shape index (κ1) is 15.1. The van der Waals surface area contributed by atoms with Gasteiger partial charge in [-0.25, -0.2) is 0 Å². The van der Waals surface area contributed by atoms with Crippen LogP contribution in [0.4, 0.5) is 13.2 Å². The van der Waals surface area contributed by atoms with E-state index in [0.717, 1.165) is 11.8 Å². The third-order valence-electron chi connectivity index (χ3n) is 2.10. The first-order valence-electron chi connectivity index (χ1n) is 4.91. The zero-order valence-electron chi connectivity index (χ0n) is 8.92. The first-order valence-corrected chi connectivity index (χ1v) is 5.85. The van der Waals surface area contributed by atoms with E-state index in [-0.39, 0.29) is 11.9 Å². The maximum Gasteiger partial charge on any atom is 0.402 e. The molecule has 0 aliphatic heterocycles. The van der Waals surface area contributed by atoms with Crippen LogP contribution in [0.1, 0.15) is 26.7 Å². The largest absolute Gasteiger partial charge is 0.402 e. The summed E-state index contributed by atoms with van der Waals surface area (Å²) in [5, 5.41) is 6.85. The molecule has 0 aliphatic carbocycles. The molecule has 0 fully saturated rings. The summed E-state index contributed by atoms with van der Waals surface area (Å²) >= 11 is 0.799. The molecule has 3 atom stereocenters. The van der Waals surface area contributed by atoms with Gasteiger partial charge in [0.2, 0.25) is 0 Å². The fourth-order valence-electron chi connectivity index (χ4n) is 1.14. The maximum absolute atomic E-state index is 12.6. The number of halogens is 3. The molecule has 0 heterocycles. The van der Waals surface area contributed by atoms with Crippen LogP contribution in [-0.2, 0) is 0 Å². The Hall–Kier alpha value is 0.0600. The van der Waals surface area contributed by atoms with Crippen molar-refractivity contribution in [3.63, 3.8) is 0 Å². The lowest BCUT2D eigenvalue weighted by Crippen LogP contribution is -2.43. The van der Waals surface area contributed by atoms with Gasteiger partial charge in [0.25, 0.3) is 0 Å². The van der Waals surface area contributed by atoms with Gasteiger partial charge in [0.15, 0.2) is 0 Å². The van der Waals surface area contributed by atoms with E-state index in [9.17, 15) is 13.2 Å². The Morgan fingerprint density at radius 2 is 1.93 bits per heavy atom. The van der Waals surface area contributed by atoms with Gasteiger partial charge in [0.05, 0.1) is 0 Å². The fourth-order valence-corrected chi connectivity index (χ4v) is 2.43. The van der Waals surface area contributed by atoms with Gasteiger partial charge in [-0.3, -0.25) is 0 Å². The Bertz CT molecular complexity index is 177. The highest BCUT2D eigenvalue weighted by Gasteiger charge is 2.43. The number of hydrogen-bond donors (Lipinski definition) is 2. The zero-order chi connectivity index (χ0) is 12.1. The van der Waals surface area contributed by atoms with Crippen molar-refractivity contribution in [1.82, 2.24) is 0 Å². The number of hydrogen-bond acceptors (Lipinski definition) is 3. The number of aliphatic hydroxyl groups excluding tert-OH is 1. The van der Waals surface area contributed by atoms with E-state index in [4.69, 9.17) is 10.8 Å². The van der Waals surface area contributed by atoms with Crippen molar-refractivity contribution in [3.05, 3.63) is 0 Å². The molecule has 92 valence electrons. The van der Waals surface area contributed by atoms with Crippen molar-refractivity contribution >= 4 is 11.8 Å². The quantitative estimate of drug-likeness (QED) is 0.753. The molecule has 6 heteroatoms. The Labute approximate surface area is 92.4 Å². The summed E-state index contributed by atoms with van der Waals surface area (Å²) in [4.78, 5) is 0. The molecule has 0 spiro atoms. The Morgan fingerprint density at radius 3 is 2.27 bits per heavy atom. The number of thioether (sulfide) groups is 1. The van der Waals surface area contributed by atoms with Gasteiger partial charge in [0.1, 0.15) is 5.25 Å². The number of alkyl halides is 3. The van der Waals surface area contributed by atoms with E-state index in [1.54, 1.807) is 13.8 Å². The van der Waals surface area contributed by atoms with Gasteiger partial charge in [0, 0.05) is 17.9 Å². The molecule has 0 rings (SSSR count). The molecule has 0 aromatic heterocycles. The predicted molar refractivity (Wildman–Crippen MR) is 56.9 cm³/mol. The van der Waals surface area contributed by atoms with Crippen molar-refractivity contribution in [2.45, 2.75) is 49.4 Å². The molecule has 0 amide bonds. The van der Waals surface area contributed by atoms with E-state index < -0.39 is 17.5 Å². The Balaban J connectivity index is 4.38. The molecular formula is C9H18F3NOS. The molecule has 2 nitrogen and oxygen atoms in total. The zero-order valence-corrected chi connectivity index (χ0v) is 9.74. The topological polar surface area (TPSA) is 46.2 Å². The molecule has 0 aromatic carbocycles. The Morgan fingerprint density at radius 1 is 1.40 bits per heavy atom. The van der Waals surface area contributed by atoms with Gasteiger partial charge in [-0.2, -0.15) is 13.2 Å². The van der Waals surface area contributed by atoms with Crippen LogP contribution < -0.4 is 5.73 Å². The molecule has 0 aromatic rings. The van der Waals surface area contributed by atoms with Crippen LogP contribution in [0.25, 0.3) is 0 Å². The molecular weight excluding hydrogens is 227 g/mol. The smallest absolute Gasteiger partial charge is 0.396 e. The summed E-state index contributed by atoms with van der Waals surface area (Å²) in [6.07, 6.45) is -3.62. The highest BCUT2D eigenvalue weighted by molar-refractivity contribution is 8.00. The summed E-state index contributed by atoms with van der Waals surface area (Å²) in [6.45, 7) is 3.21. The molecule has 3 unspecified atom stereocenters. The van der Waals surface area contributed by atoms with Gasteiger partial charge >= 0.3 is 6.18 Å². The van der Waals surface area contributed by atoms with Gasteiger partial charge in [-0.05, 0) is 12.8 Å². The molecule has 0 aliphatic rings. The molecule has 3 N–H and O–H groups in total. The average molecular weight is 245 g/mol. The second kappa shape index (κ2) is 6.60. The van der Waals surface area contributed by atoms with Crippen molar-refractivity contribution in [2.24, 2.45) is 5.73 Å². The third-order valence-corrected chi connectivity index (χ3v) is 3.71. The van der Waals surface area contributed by atoms with Crippen LogP contribution in [0.15, 0.2) is 0 Å². The van der Waals surface area contributed by atoms with E-state index in [1.807, 2.05) is 0 Å². The molecule has 0 saturated carbocycles. The molecule has 0 saturated heterocycles. The van der Waals surface area contributed by atoms with Crippen molar-refractivity contribution in [3.8, 4) is 0 Å². The van der Waals surface area contributed by atoms with Crippen LogP contribution in [0.2, 0.25) is 0 Å². The van der Waals surface area contributed by atoms with Gasteiger partial charge in [-0.1, -0.05) is 13.8 Å². The first-order chi connectivity index (χ1) is 6.82. The summed E-state index contributed by atoms with van der Waals surface area (Å²) in [5.41, 5.74) is 5.44. The fraction of sp³-hybridized carbons (Fsp3) is 1.00. The molecule has 0 radical (unpaired) electrons. The minimum atomic E-state index is -4.27. The monoisotopic (exact) mass is 245 g/mol. The Kier molecular flexibility index (Phi) is 6.63. The van der Waals surface area contributed by atoms with Gasteiger partial charge in [-0.15, -0.1) is 11.8 Å². The molecule has 15 heavy (non-hydrogen) atoms. The lowest BCUT2D eigenvalue weighted by Gasteiger charge is -2.27. The predicted octanol–water partition coefficient (Wildman–Crippen LogP) is 2.16. The van der Waals surface area contributed by atoms with Crippen LogP contribution in [0.3, 0.4) is 0 Å². The summed E-state index contributed by atoms with van der Waals surface area (Å²) in [7, 11) is 0. The normalized spacial score (nSPS) is 18.6. The van der Waals surface area contributed by atoms with E-state index >= 15 is 0 Å². The highest BCUT2D eigenvalue weighted by atomic mass is 32.2. The minimum absolute atomic E-state index is 0.0971. The van der Waals surface area contributed by atoms with Crippen LogP contribution in [-0.4, -0.2) is 34.4 Å². The van der Waals surface area contributed by atoms with Gasteiger partial charge < -0.3 is 10.8 Å².